The van der Waals surface area contributed by atoms with Crippen LogP contribution in [0.1, 0.15) is 18.4 Å². The molecule has 2 aliphatic heterocycles. The maximum absolute atomic E-state index is 13.2. The summed E-state index contributed by atoms with van der Waals surface area (Å²) in [6, 6.07) is 9.89. The summed E-state index contributed by atoms with van der Waals surface area (Å²) >= 11 is 0. The molecule has 0 amide bonds. The Morgan fingerprint density at radius 2 is 1.90 bits per heavy atom. The minimum Gasteiger partial charge on any atom is -0.489 e. The molecule has 0 aliphatic carbocycles. The molecule has 0 spiro atoms. The summed E-state index contributed by atoms with van der Waals surface area (Å²) in [6.07, 6.45) is 7.82. The van der Waals surface area contributed by atoms with E-state index in [0.717, 1.165) is 12.8 Å². The van der Waals surface area contributed by atoms with Crippen molar-refractivity contribution in [2.75, 3.05) is 13.1 Å². The first-order chi connectivity index (χ1) is 14.4. The summed E-state index contributed by atoms with van der Waals surface area (Å²) in [5.74, 6) is -0.252. The van der Waals surface area contributed by atoms with E-state index in [1.54, 1.807) is 61.1 Å². The van der Waals surface area contributed by atoms with E-state index in [4.69, 9.17) is 16.2 Å². The van der Waals surface area contributed by atoms with Crippen LogP contribution in [-0.4, -0.2) is 42.7 Å². The Hall–Kier alpha value is -2.95. The molecule has 2 aromatic rings. The largest absolute Gasteiger partial charge is 0.489 e. The van der Waals surface area contributed by atoms with E-state index in [0.29, 0.717) is 30.2 Å². The average molecular weight is 429 g/mol. The lowest BCUT2D eigenvalue weighted by atomic mass is 10.1. The Balaban J connectivity index is 1.49. The zero-order valence-electron chi connectivity index (χ0n) is 16.3. The number of nitrogens with zero attached hydrogens (tertiary/aromatic N) is 3. The van der Waals surface area contributed by atoms with Crippen LogP contribution in [0.5, 0.6) is 5.75 Å². The van der Waals surface area contributed by atoms with Crippen molar-refractivity contribution in [2.24, 2.45) is 16.5 Å². The molecule has 2 unspecified atom stereocenters. The summed E-state index contributed by atoms with van der Waals surface area (Å²) in [7, 11) is -3.66. The second-order valence-corrected chi connectivity index (χ2v) is 9.17. The lowest BCUT2D eigenvalue weighted by molar-refractivity contribution is 0.129. The predicted octanol–water partition coefficient (Wildman–Crippen LogP) is 0.857. The third kappa shape index (κ3) is 4.16. The number of sulfonamides is 1. The third-order valence-corrected chi connectivity index (χ3v) is 6.97. The minimum atomic E-state index is -3.66. The summed E-state index contributed by atoms with van der Waals surface area (Å²) < 4.78 is 33.7. The zero-order valence-corrected chi connectivity index (χ0v) is 17.1. The van der Waals surface area contributed by atoms with Gasteiger partial charge in [-0.1, -0.05) is 12.1 Å². The molecular weight excluding hydrogens is 404 g/mol. The highest BCUT2D eigenvalue weighted by atomic mass is 32.2. The number of hydrogen-bond acceptors (Lipinski definition) is 8. The van der Waals surface area contributed by atoms with E-state index >= 15 is 0 Å². The van der Waals surface area contributed by atoms with Gasteiger partial charge in [0.15, 0.2) is 0 Å². The average Bonchev–Trinajstić information content (AvgIpc) is 2.75. The van der Waals surface area contributed by atoms with E-state index in [2.05, 4.69) is 15.3 Å². The molecule has 5 N–H and O–H groups in total. The van der Waals surface area contributed by atoms with Crippen molar-refractivity contribution in [2.45, 2.75) is 29.6 Å². The third-order valence-electron chi connectivity index (χ3n) is 5.09. The van der Waals surface area contributed by atoms with Gasteiger partial charge in [0.05, 0.1) is 11.4 Å². The summed E-state index contributed by atoms with van der Waals surface area (Å²) in [5, 5.41) is 2.94. The van der Waals surface area contributed by atoms with Crippen LogP contribution < -0.4 is 21.5 Å². The van der Waals surface area contributed by atoms with Crippen molar-refractivity contribution in [3.8, 4) is 5.75 Å². The van der Waals surface area contributed by atoms with Crippen LogP contribution in [0.2, 0.25) is 0 Å². The second kappa shape index (κ2) is 8.05. The first kappa shape index (κ1) is 20.3. The van der Waals surface area contributed by atoms with Gasteiger partial charge in [-0.05, 0) is 43.2 Å². The molecule has 1 fully saturated rings. The molecule has 158 valence electrons. The zero-order chi connectivity index (χ0) is 21.2. The molecule has 0 radical (unpaired) electrons. The Bertz CT molecular complexity index is 1060. The van der Waals surface area contributed by atoms with Crippen LogP contribution >= 0.6 is 0 Å². The maximum atomic E-state index is 13.2. The Kier molecular flexibility index (Phi) is 5.46. The van der Waals surface area contributed by atoms with Gasteiger partial charge in [-0.3, -0.25) is 10.7 Å². The molecule has 2 atom stereocenters. The number of pyridine rings is 1. The number of ether oxygens (including phenoxy) is 1. The molecule has 9 nitrogen and oxygen atoms in total. The van der Waals surface area contributed by atoms with Crippen molar-refractivity contribution < 1.29 is 13.2 Å². The molecule has 2 aliphatic rings. The number of nitrogens with one attached hydrogen (secondary N) is 1. The molecule has 0 saturated carbocycles. The molecule has 0 bridgehead atoms. The van der Waals surface area contributed by atoms with Crippen molar-refractivity contribution in [3.05, 3.63) is 66.6 Å². The van der Waals surface area contributed by atoms with E-state index in [1.807, 2.05) is 0 Å². The van der Waals surface area contributed by atoms with Gasteiger partial charge in [0, 0.05) is 30.7 Å². The van der Waals surface area contributed by atoms with Crippen LogP contribution in [-0.2, 0) is 15.8 Å². The van der Waals surface area contributed by atoms with E-state index in [9.17, 15) is 8.42 Å². The number of amidine groups is 1. The Morgan fingerprint density at radius 1 is 1.17 bits per heavy atom. The van der Waals surface area contributed by atoms with Gasteiger partial charge in [-0.25, -0.2) is 13.4 Å². The van der Waals surface area contributed by atoms with Crippen molar-refractivity contribution in [3.63, 3.8) is 0 Å². The van der Waals surface area contributed by atoms with Crippen LogP contribution in [0, 0.1) is 0 Å². The van der Waals surface area contributed by atoms with Gasteiger partial charge < -0.3 is 15.8 Å². The van der Waals surface area contributed by atoms with Crippen molar-refractivity contribution in [1.82, 2.24) is 14.6 Å². The quantitative estimate of drug-likeness (QED) is 0.642. The van der Waals surface area contributed by atoms with Gasteiger partial charge in [0.1, 0.15) is 17.7 Å². The lowest BCUT2D eigenvalue weighted by Gasteiger charge is -2.32. The van der Waals surface area contributed by atoms with Crippen LogP contribution in [0.3, 0.4) is 0 Å². The highest BCUT2D eigenvalue weighted by molar-refractivity contribution is 7.89. The van der Waals surface area contributed by atoms with Gasteiger partial charge in [-0.2, -0.15) is 4.31 Å². The van der Waals surface area contributed by atoms with Gasteiger partial charge >= 0.3 is 0 Å². The monoisotopic (exact) mass is 428 g/mol. The highest BCUT2D eigenvalue weighted by Crippen LogP contribution is 2.26. The Morgan fingerprint density at radius 3 is 2.60 bits per heavy atom. The summed E-state index contributed by atoms with van der Waals surface area (Å²) in [4.78, 5) is 8.37. The number of nitrogens with two attached hydrogens (primary N) is 2. The van der Waals surface area contributed by atoms with E-state index in [1.165, 1.54) is 4.31 Å². The predicted molar refractivity (Wildman–Crippen MR) is 113 cm³/mol. The van der Waals surface area contributed by atoms with Crippen molar-refractivity contribution >= 4 is 15.9 Å². The number of benzene rings is 1. The van der Waals surface area contributed by atoms with E-state index in [-0.39, 0.29) is 11.0 Å². The fourth-order valence-corrected chi connectivity index (χ4v) is 5.04. The highest BCUT2D eigenvalue weighted by Gasteiger charge is 2.32. The number of aromatic nitrogens is 1. The van der Waals surface area contributed by atoms with Gasteiger partial charge in [-0.15, -0.1) is 0 Å². The smallest absolute Gasteiger partial charge is 0.243 e. The number of piperidine rings is 1. The van der Waals surface area contributed by atoms with Gasteiger partial charge in [0.2, 0.25) is 15.8 Å². The van der Waals surface area contributed by atoms with Crippen molar-refractivity contribution in [1.29, 1.82) is 0 Å². The summed E-state index contributed by atoms with van der Waals surface area (Å²) in [5.41, 5.74) is 12.6. The van der Waals surface area contributed by atoms with E-state index < -0.39 is 15.8 Å². The number of hydrogen-bond donors (Lipinski definition) is 3. The summed E-state index contributed by atoms with van der Waals surface area (Å²) in [6.45, 7) is 0.745. The van der Waals surface area contributed by atoms with Crippen LogP contribution in [0.15, 0.2) is 71.0 Å². The minimum absolute atomic E-state index is 0.197. The SMILES string of the molecule is NC1=NC(N)(c2ccc(S(=O)(=O)N3CCCC(Oc4ccncc4)C3)cc2)NC=C1. The molecule has 1 aromatic carbocycles. The Labute approximate surface area is 175 Å². The molecule has 30 heavy (non-hydrogen) atoms. The molecule has 10 heteroatoms. The second-order valence-electron chi connectivity index (χ2n) is 7.23. The molecule has 1 saturated heterocycles. The lowest BCUT2D eigenvalue weighted by Crippen LogP contribution is -2.49. The molecular formula is C20H24N6O3S. The van der Waals surface area contributed by atoms with Crippen LogP contribution in [0.4, 0.5) is 0 Å². The number of rotatable bonds is 5. The topological polar surface area (TPSA) is 136 Å². The standard InChI is InChI=1S/C20H24N6O3S/c21-19-9-12-24-20(22,25-19)15-3-5-18(6-4-15)30(27,28)26-13-1-2-17(14-26)29-16-7-10-23-11-8-16/h3-12,17,24H,1-2,13-14,22H2,(H2,21,25). The fourth-order valence-electron chi connectivity index (χ4n) is 3.53. The maximum Gasteiger partial charge on any atom is 0.243 e. The fraction of sp³-hybridized carbons (Fsp3) is 0.300. The molecule has 3 heterocycles. The molecule has 4 rings (SSSR count). The molecule has 1 aromatic heterocycles. The number of aliphatic imine (C=N–C) groups is 1. The van der Waals surface area contributed by atoms with Gasteiger partial charge in [0.25, 0.3) is 0 Å². The van der Waals surface area contributed by atoms with Crippen LogP contribution in [0.25, 0.3) is 0 Å². The first-order valence-corrected chi connectivity index (χ1v) is 11.1. The normalized spacial score (nSPS) is 24.7. The first-order valence-electron chi connectivity index (χ1n) is 9.63.